The number of benzene rings is 1. The highest BCUT2D eigenvalue weighted by Crippen LogP contribution is 2.24. The maximum absolute atomic E-state index is 13.1. The number of nitrogens with one attached hydrogen (secondary N) is 2. The smallest absolute Gasteiger partial charge is 0.298 e. The molecule has 4 rings (SSSR count). The summed E-state index contributed by atoms with van der Waals surface area (Å²) in [5.74, 6) is -0.0509. The van der Waals surface area contributed by atoms with E-state index in [2.05, 4.69) is 20.9 Å². The molecule has 168 valence electrons. The molecule has 1 atom stereocenters. The summed E-state index contributed by atoms with van der Waals surface area (Å²) in [6, 6.07) is 9.40. The molecular formula is C19H25N5O6S. The van der Waals surface area contributed by atoms with E-state index in [4.69, 9.17) is 14.3 Å². The first-order chi connectivity index (χ1) is 15.0. The van der Waals surface area contributed by atoms with Crippen molar-refractivity contribution in [3.63, 3.8) is 0 Å². The van der Waals surface area contributed by atoms with Crippen LogP contribution in [0.25, 0.3) is 0 Å². The number of ether oxygens (including phenoxy) is 2. The molecule has 1 aromatic heterocycles. The van der Waals surface area contributed by atoms with Crippen LogP contribution in [0, 0.1) is 0 Å². The summed E-state index contributed by atoms with van der Waals surface area (Å²) in [5.41, 5.74) is 1.87. The summed E-state index contributed by atoms with van der Waals surface area (Å²) >= 11 is 0. The van der Waals surface area contributed by atoms with Crippen molar-refractivity contribution >= 4 is 15.9 Å². The van der Waals surface area contributed by atoms with E-state index in [-0.39, 0.29) is 24.9 Å². The van der Waals surface area contributed by atoms with Gasteiger partial charge in [-0.3, -0.25) is 4.79 Å². The highest BCUT2D eigenvalue weighted by atomic mass is 32.2. The van der Waals surface area contributed by atoms with Crippen molar-refractivity contribution < 1.29 is 27.5 Å². The van der Waals surface area contributed by atoms with Crippen molar-refractivity contribution in [2.45, 2.75) is 49.5 Å². The number of carbonyl (C=O) groups excluding carboxylic acids is 1. The molecule has 2 fully saturated rings. The van der Waals surface area contributed by atoms with Crippen LogP contribution in [0.5, 0.6) is 5.75 Å². The molecule has 1 aromatic carbocycles. The molecule has 0 radical (unpaired) electrons. The maximum Gasteiger partial charge on any atom is 0.298 e. The van der Waals surface area contributed by atoms with Gasteiger partial charge in [0.1, 0.15) is 11.9 Å². The zero-order chi connectivity index (χ0) is 21.7. The van der Waals surface area contributed by atoms with Gasteiger partial charge in [0.2, 0.25) is 5.03 Å². The van der Waals surface area contributed by atoms with E-state index in [1.54, 1.807) is 0 Å². The molecule has 12 heteroatoms. The van der Waals surface area contributed by atoms with Gasteiger partial charge in [0.15, 0.2) is 12.0 Å². The van der Waals surface area contributed by atoms with Crippen molar-refractivity contribution in [1.82, 2.24) is 25.2 Å². The molecule has 2 aromatic rings. The Morgan fingerprint density at radius 2 is 1.90 bits per heavy atom. The number of hydroxylamine groups is 1. The summed E-state index contributed by atoms with van der Waals surface area (Å²) < 4.78 is 38.7. The first kappa shape index (κ1) is 21.7. The fourth-order valence-electron chi connectivity index (χ4n) is 3.52. The Bertz CT molecular complexity index is 969. The minimum Gasteiger partial charge on any atom is -0.490 e. The van der Waals surface area contributed by atoms with Gasteiger partial charge < -0.3 is 9.47 Å². The van der Waals surface area contributed by atoms with Crippen molar-refractivity contribution in [2.75, 3.05) is 19.7 Å². The molecule has 0 aliphatic carbocycles. The number of aromatic amines is 1. The molecule has 11 nitrogen and oxygen atoms in total. The van der Waals surface area contributed by atoms with Crippen molar-refractivity contribution in [1.29, 1.82) is 0 Å². The number of H-pyrrole nitrogens is 1. The predicted molar refractivity (Wildman–Crippen MR) is 107 cm³/mol. The number of nitrogens with zero attached hydrogens (tertiary/aromatic N) is 3. The largest absolute Gasteiger partial charge is 0.490 e. The Hall–Kier alpha value is -2.54. The summed E-state index contributed by atoms with van der Waals surface area (Å²) in [6.45, 7) is 1.05. The lowest BCUT2D eigenvalue weighted by atomic mass is 10.1. The minimum atomic E-state index is -4.01. The SMILES string of the molecule is O=C(NOC1CCCCO1)c1n[nH]nc1S(=O)(=O)N1CCC(Oc2ccccc2)CC1. The van der Waals surface area contributed by atoms with E-state index in [0.29, 0.717) is 25.9 Å². The number of carbonyl (C=O) groups is 1. The Balaban J connectivity index is 1.36. The molecule has 1 unspecified atom stereocenters. The summed E-state index contributed by atoms with van der Waals surface area (Å²) in [7, 11) is -4.01. The zero-order valence-electron chi connectivity index (χ0n) is 16.9. The van der Waals surface area contributed by atoms with Gasteiger partial charge in [0, 0.05) is 26.1 Å². The molecule has 0 spiro atoms. The van der Waals surface area contributed by atoms with Gasteiger partial charge in [-0.1, -0.05) is 18.2 Å². The number of piperidine rings is 1. The van der Waals surface area contributed by atoms with E-state index in [1.807, 2.05) is 30.3 Å². The normalized spacial score (nSPS) is 21.0. The topological polar surface area (TPSA) is 136 Å². The third-order valence-corrected chi connectivity index (χ3v) is 7.00. The Kier molecular flexibility index (Phi) is 6.80. The van der Waals surface area contributed by atoms with Crippen LogP contribution in [-0.4, -0.2) is 66.1 Å². The molecule has 2 N–H and O–H groups in total. The number of rotatable bonds is 7. The lowest BCUT2D eigenvalue weighted by Gasteiger charge is -2.30. The van der Waals surface area contributed by atoms with Gasteiger partial charge in [0.25, 0.3) is 15.9 Å². The Morgan fingerprint density at radius 3 is 2.61 bits per heavy atom. The third-order valence-electron chi connectivity index (χ3n) is 5.18. The maximum atomic E-state index is 13.1. The second-order valence-electron chi connectivity index (χ2n) is 7.36. The number of para-hydroxylation sites is 1. The van der Waals surface area contributed by atoms with E-state index >= 15 is 0 Å². The summed E-state index contributed by atoms with van der Waals surface area (Å²) in [6.07, 6.45) is 2.90. The first-order valence-corrected chi connectivity index (χ1v) is 11.7. The monoisotopic (exact) mass is 451 g/mol. The highest BCUT2D eigenvalue weighted by molar-refractivity contribution is 7.89. The van der Waals surface area contributed by atoms with Crippen LogP contribution in [0.15, 0.2) is 35.4 Å². The van der Waals surface area contributed by atoms with Gasteiger partial charge in [-0.15, -0.1) is 10.2 Å². The van der Waals surface area contributed by atoms with Crippen LogP contribution in [0.4, 0.5) is 0 Å². The van der Waals surface area contributed by atoms with Gasteiger partial charge in [-0.2, -0.15) is 9.52 Å². The number of hydrogen-bond acceptors (Lipinski definition) is 8. The van der Waals surface area contributed by atoms with Crippen molar-refractivity contribution in [2.24, 2.45) is 0 Å². The zero-order valence-corrected chi connectivity index (χ0v) is 17.7. The van der Waals surface area contributed by atoms with Crippen molar-refractivity contribution in [3.8, 4) is 5.75 Å². The van der Waals surface area contributed by atoms with E-state index in [0.717, 1.165) is 18.6 Å². The van der Waals surface area contributed by atoms with Crippen LogP contribution >= 0.6 is 0 Å². The molecule has 2 aliphatic rings. The average Bonchev–Trinajstić information content (AvgIpc) is 3.30. The van der Waals surface area contributed by atoms with E-state index in [9.17, 15) is 13.2 Å². The molecule has 3 heterocycles. The minimum absolute atomic E-state index is 0.0854. The lowest BCUT2D eigenvalue weighted by Crippen LogP contribution is -2.42. The Labute approximate surface area is 180 Å². The number of aromatic nitrogens is 3. The average molecular weight is 452 g/mol. The van der Waals surface area contributed by atoms with Gasteiger partial charge in [-0.25, -0.2) is 18.7 Å². The molecule has 2 aliphatic heterocycles. The highest BCUT2D eigenvalue weighted by Gasteiger charge is 2.36. The summed E-state index contributed by atoms with van der Waals surface area (Å²) in [5, 5.41) is 9.23. The van der Waals surface area contributed by atoms with Crippen LogP contribution in [0.3, 0.4) is 0 Å². The molecule has 0 saturated carbocycles. The summed E-state index contributed by atoms with van der Waals surface area (Å²) in [4.78, 5) is 17.7. The number of sulfonamides is 1. The van der Waals surface area contributed by atoms with Crippen LogP contribution in [0.2, 0.25) is 0 Å². The van der Waals surface area contributed by atoms with Crippen molar-refractivity contribution in [3.05, 3.63) is 36.0 Å². The predicted octanol–water partition coefficient (Wildman–Crippen LogP) is 1.22. The van der Waals surface area contributed by atoms with E-state index in [1.165, 1.54) is 4.31 Å². The molecular weight excluding hydrogens is 426 g/mol. The Morgan fingerprint density at radius 1 is 1.13 bits per heavy atom. The van der Waals surface area contributed by atoms with Gasteiger partial charge >= 0.3 is 0 Å². The van der Waals surface area contributed by atoms with Crippen LogP contribution in [0.1, 0.15) is 42.6 Å². The number of hydrogen-bond donors (Lipinski definition) is 2. The number of amides is 1. The second kappa shape index (κ2) is 9.73. The third kappa shape index (κ3) is 5.21. The first-order valence-electron chi connectivity index (χ1n) is 10.2. The molecule has 1 amide bonds. The van der Waals surface area contributed by atoms with E-state index < -0.39 is 27.2 Å². The van der Waals surface area contributed by atoms with Gasteiger partial charge in [-0.05, 0) is 37.8 Å². The fraction of sp³-hybridized carbons (Fsp3) is 0.526. The van der Waals surface area contributed by atoms with Gasteiger partial charge in [0.05, 0.1) is 0 Å². The van der Waals surface area contributed by atoms with Crippen LogP contribution in [-0.2, 0) is 19.6 Å². The standard InChI is InChI=1S/C19H25N5O6S/c25-18(22-30-16-8-4-5-13-28-16)17-19(21-23-20-17)31(26,27)24-11-9-15(10-12-24)29-14-6-2-1-3-7-14/h1-3,6-7,15-16H,4-5,8-13H2,(H,22,25)(H,20,21,23). The lowest BCUT2D eigenvalue weighted by molar-refractivity contribution is -0.186. The quantitative estimate of drug-likeness (QED) is 0.600. The fourth-order valence-corrected chi connectivity index (χ4v) is 5.00. The molecule has 2 saturated heterocycles. The molecule has 31 heavy (non-hydrogen) atoms. The van der Waals surface area contributed by atoms with Crippen LogP contribution < -0.4 is 10.2 Å². The molecule has 0 bridgehead atoms. The second-order valence-corrected chi connectivity index (χ2v) is 9.21.